The number of hydrogen-bond acceptors (Lipinski definition) is 5. The van der Waals surface area contributed by atoms with E-state index in [0.29, 0.717) is 13.4 Å². The molecular weight excluding hydrogens is 352 g/mol. The topological polar surface area (TPSA) is 34.2 Å². The van der Waals surface area contributed by atoms with Crippen molar-refractivity contribution in [2.24, 2.45) is 0 Å². The van der Waals surface area contributed by atoms with Gasteiger partial charge in [0.2, 0.25) is 0 Å². The number of nitrogens with zero attached hydrogens (tertiary/aromatic N) is 2. The lowest BCUT2D eigenvalue weighted by Gasteiger charge is -2.37. The van der Waals surface area contributed by atoms with Crippen LogP contribution >= 0.6 is 11.6 Å². The van der Waals surface area contributed by atoms with Gasteiger partial charge in [0.1, 0.15) is 11.5 Å². The zero-order chi connectivity index (χ0) is 17.9. The van der Waals surface area contributed by atoms with Crippen LogP contribution in [0.15, 0.2) is 36.4 Å². The molecule has 1 saturated heterocycles. The Morgan fingerprint density at radius 3 is 2.73 bits per heavy atom. The van der Waals surface area contributed by atoms with Gasteiger partial charge < -0.3 is 19.1 Å². The highest BCUT2D eigenvalue weighted by Crippen LogP contribution is 2.33. The number of ether oxygens (including phenoxy) is 3. The van der Waals surface area contributed by atoms with Gasteiger partial charge in [-0.05, 0) is 24.3 Å². The molecule has 2 aliphatic heterocycles. The fourth-order valence-electron chi connectivity index (χ4n) is 3.65. The van der Waals surface area contributed by atoms with E-state index in [0.717, 1.165) is 66.1 Å². The van der Waals surface area contributed by atoms with Crippen LogP contribution in [0, 0.1) is 0 Å². The maximum atomic E-state index is 6.28. The number of fused-ring (bicyclic) bond motifs is 1. The van der Waals surface area contributed by atoms with Crippen molar-refractivity contribution in [3.05, 3.63) is 52.5 Å². The molecule has 0 N–H and O–H groups in total. The number of benzene rings is 2. The highest BCUT2D eigenvalue weighted by atomic mass is 35.5. The molecule has 6 heteroatoms. The average molecular weight is 375 g/mol. The minimum absolute atomic E-state index is 0.309. The summed E-state index contributed by atoms with van der Waals surface area (Å²) < 4.78 is 16.6. The molecule has 0 aliphatic carbocycles. The number of halogens is 1. The van der Waals surface area contributed by atoms with Gasteiger partial charge in [0, 0.05) is 48.9 Å². The Labute approximate surface area is 159 Å². The van der Waals surface area contributed by atoms with Crippen LogP contribution in [0.4, 0.5) is 5.69 Å². The number of piperazine rings is 1. The van der Waals surface area contributed by atoms with Gasteiger partial charge in [-0.15, -0.1) is 0 Å². The first kappa shape index (κ1) is 17.5. The van der Waals surface area contributed by atoms with Crippen LogP contribution in [-0.4, -0.2) is 45.0 Å². The molecule has 0 radical (unpaired) electrons. The molecule has 26 heavy (non-hydrogen) atoms. The molecule has 1 fully saturated rings. The normalized spacial score (nSPS) is 17.5. The summed E-state index contributed by atoms with van der Waals surface area (Å²) >= 11 is 6.28. The van der Waals surface area contributed by atoms with Crippen LogP contribution in [0.5, 0.6) is 11.5 Å². The molecule has 5 nitrogen and oxygen atoms in total. The third kappa shape index (κ3) is 3.61. The second-order valence-electron chi connectivity index (χ2n) is 6.60. The zero-order valence-corrected chi connectivity index (χ0v) is 15.7. The third-order valence-corrected chi connectivity index (χ3v) is 5.16. The zero-order valence-electron chi connectivity index (χ0n) is 14.9. The number of methoxy groups -OCH3 is 1. The summed E-state index contributed by atoms with van der Waals surface area (Å²) in [6.45, 7) is 5.60. The van der Waals surface area contributed by atoms with Crippen molar-refractivity contribution >= 4 is 17.3 Å². The van der Waals surface area contributed by atoms with Gasteiger partial charge in [0.25, 0.3) is 0 Å². The standard InChI is InChI=1S/C20H23ClN2O3/c1-24-19-5-3-2-4-18(19)23-8-6-22(7-9-23)12-15-10-17(21)11-16-13-25-14-26-20(15)16/h2-5,10-11H,6-9,12-14H2,1H3. The van der Waals surface area contributed by atoms with Crippen molar-refractivity contribution < 1.29 is 14.2 Å². The third-order valence-electron chi connectivity index (χ3n) is 4.94. The average Bonchev–Trinajstić information content (AvgIpc) is 2.68. The summed E-state index contributed by atoms with van der Waals surface area (Å²) in [7, 11) is 1.72. The molecule has 2 aliphatic rings. The largest absolute Gasteiger partial charge is 0.495 e. The lowest BCUT2D eigenvalue weighted by Crippen LogP contribution is -2.46. The second kappa shape index (κ2) is 7.74. The lowest BCUT2D eigenvalue weighted by atomic mass is 10.1. The Morgan fingerprint density at radius 1 is 1.12 bits per heavy atom. The van der Waals surface area contributed by atoms with Gasteiger partial charge in [0.15, 0.2) is 6.79 Å². The Morgan fingerprint density at radius 2 is 1.92 bits per heavy atom. The molecule has 4 rings (SSSR count). The van der Waals surface area contributed by atoms with Gasteiger partial charge in [-0.1, -0.05) is 23.7 Å². The maximum absolute atomic E-state index is 6.28. The molecule has 0 spiro atoms. The molecule has 138 valence electrons. The predicted octanol–water partition coefficient (Wildman–Crippen LogP) is 3.54. The van der Waals surface area contributed by atoms with Gasteiger partial charge in [-0.3, -0.25) is 4.90 Å². The predicted molar refractivity (Wildman–Crippen MR) is 102 cm³/mol. The molecule has 0 atom stereocenters. The fraction of sp³-hybridized carbons (Fsp3) is 0.400. The van der Waals surface area contributed by atoms with E-state index in [4.69, 9.17) is 25.8 Å². The Hall–Kier alpha value is -1.95. The van der Waals surface area contributed by atoms with Crippen LogP contribution in [0.2, 0.25) is 5.02 Å². The van der Waals surface area contributed by atoms with Crippen molar-refractivity contribution in [1.82, 2.24) is 4.90 Å². The van der Waals surface area contributed by atoms with E-state index >= 15 is 0 Å². The lowest BCUT2D eigenvalue weighted by molar-refractivity contribution is -0.0174. The van der Waals surface area contributed by atoms with E-state index in [1.54, 1.807) is 7.11 Å². The van der Waals surface area contributed by atoms with Crippen molar-refractivity contribution in [2.75, 3.05) is 45.0 Å². The number of anilines is 1. The maximum Gasteiger partial charge on any atom is 0.189 e. The molecule has 2 heterocycles. The van der Waals surface area contributed by atoms with Crippen LogP contribution in [-0.2, 0) is 17.9 Å². The van der Waals surface area contributed by atoms with E-state index in [1.165, 1.54) is 0 Å². The highest BCUT2D eigenvalue weighted by molar-refractivity contribution is 6.30. The quantitative estimate of drug-likeness (QED) is 0.817. The Bertz CT molecular complexity index is 776. The number of hydrogen-bond donors (Lipinski definition) is 0. The summed E-state index contributed by atoms with van der Waals surface area (Å²) in [4.78, 5) is 4.82. The fourth-order valence-corrected chi connectivity index (χ4v) is 3.92. The minimum atomic E-state index is 0.309. The number of para-hydroxylation sites is 2. The smallest absolute Gasteiger partial charge is 0.189 e. The molecule has 0 amide bonds. The summed E-state index contributed by atoms with van der Waals surface area (Å²) in [5, 5.41) is 0.737. The molecule has 0 bridgehead atoms. The van der Waals surface area contributed by atoms with E-state index in [-0.39, 0.29) is 0 Å². The van der Waals surface area contributed by atoms with Gasteiger partial charge in [-0.25, -0.2) is 0 Å². The summed E-state index contributed by atoms with van der Waals surface area (Å²) in [5.41, 5.74) is 3.34. The Balaban J connectivity index is 1.44. The first-order chi connectivity index (χ1) is 12.7. The van der Waals surface area contributed by atoms with Crippen molar-refractivity contribution in [3.8, 4) is 11.5 Å². The van der Waals surface area contributed by atoms with Crippen LogP contribution < -0.4 is 14.4 Å². The first-order valence-electron chi connectivity index (χ1n) is 8.87. The van der Waals surface area contributed by atoms with Crippen LogP contribution in [0.3, 0.4) is 0 Å². The summed E-state index contributed by atoms with van der Waals surface area (Å²) in [6, 6.07) is 12.1. The van der Waals surface area contributed by atoms with Crippen LogP contribution in [0.25, 0.3) is 0 Å². The van der Waals surface area contributed by atoms with E-state index in [2.05, 4.69) is 21.9 Å². The van der Waals surface area contributed by atoms with Gasteiger partial charge in [-0.2, -0.15) is 0 Å². The molecule has 0 saturated carbocycles. The van der Waals surface area contributed by atoms with E-state index in [1.807, 2.05) is 24.3 Å². The molecule has 0 aromatic heterocycles. The van der Waals surface area contributed by atoms with Crippen molar-refractivity contribution in [1.29, 1.82) is 0 Å². The Kier molecular flexibility index (Phi) is 5.20. The summed E-state index contributed by atoms with van der Waals surface area (Å²) in [5.74, 6) is 1.87. The first-order valence-corrected chi connectivity index (χ1v) is 9.24. The molecule has 0 unspecified atom stereocenters. The minimum Gasteiger partial charge on any atom is -0.495 e. The van der Waals surface area contributed by atoms with Gasteiger partial charge >= 0.3 is 0 Å². The second-order valence-corrected chi connectivity index (χ2v) is 7.04. The highest BCUT2D eigenvalue weighted by Gasteiger charge is 2.22. The summed E-state index contributed by atoms with van der Waals surface area (Å²) in [6.07, 6.45) is 0. The van der Waals surface area contributed by atoms with Crippen LogP contribution in [0.1, 0.15) is 11.1 Å². The van der Waals surface area contributed by atoms with Crippen molar-refractivity contribution in [2.45, 2.75) is 13.2 Å². The monoisotopic (exact) mass is 374 g/mol. The SMILES string of the molecule is COc1ccccc1N1CCN(Cc2cc(Cl)cc3c2OCOC3)CC1. The number of rotatable bonds is 4. The van der Waals surface area contributed by atoms with E-state index in [9.17, 15) is 0 Å². The van der Waals surface area contributed by atoms with Crippen molar-refractivity contribution in [3.63, 3.8) is 0 Å². The van der Waals surface area contributed by atoms with Gasteiger partial charge in [0.05, 0.1) is 19.4 Å². The molecular formula is C20H23ClN2O3. The molecule has 2 aromatic carbocycles. The van der Waals surface area contributed by atoms with E-state index < -0.39 is 0 Å². The molecule has 2 aromatic rings.